The maximum Gasteiger partial charge on any atom is 0.247 e. The Kier molecular flexibility index (Phi) is 8.14. The number of hydrogen-bond acceptors (Lipinski definition) is 6. The third kappa shape index (κ3) is 5.81. The molecular weight excluding hydrogens is 412 g/mol. The highest BCUT2D eigenvalue weighted by atomic mass is 16.5. The van der Waals surface area contributed by atoms with Gasteiger partial charge in [0.25, 0.3) is 0 Å². The average molecular weight is 443 g/mol. The number of methoxy groups -OCH3 is 2. The monoisotopic (exact) mass is 442 g/mol. The smallest absolute Gasteiger partial charge is 0.247 e. The number of hydrogen-bond donors (Lipinski definition) is 2. The topological polar surface area (TPSA) is 119 Å². The molecule has 2 saturated heterocycles. The fourth-order valence-electron chi connectivity index (χ4n) is 3.93. The maximum atomic E-state index is 13.2. The summed E-state index contributed by atoms with van der Waals surface area (Å²) in [6.45, 7) is 2.12. The van der Waals surface area contributed by atoms with Gasteiger partial charge < -0.3 is 24.6 Å². The molecule has 1 unspecified atom stereocenters. The first-order chi connectivity index (χ1) is 15.5. The van der Waals surface area contributed by atoms with Crippen LogP contribution in [0.1, 0.15) is 32.1 Å². The Morgan fingerprint density at radius 3 is 2.62 bits per heavy atom. The number of guanidine groups is 1. The lowest BCUT2D eigenvalue weighted by molar-refractivity contribution is -0.140. The molecule has 10 heteroatoms. The first-order valence-electron chi connectivity index (χ1n) is 10.8. The summed E-state index contributed by atoms with van der Waals surface area (Å²) >= 11 is 0. The largest absolute Gasteiger partial charge is 0.497 e. The lowest BCUT2D eigenvalue weighted by atomic mass is 10.1. The summed E-state index contributed by atoms with van der Waals surface area (Å²) in [5.41, 5.74) is 0.567. The molecule has 10 nitrogen and oxygen atoms in total. The Morgan fingerprint density at radius 1 is 1.19 bits per heavy atom. The van der Waals surface area contributed by atoms with Gasteiger partial charge in [-0.05, 0) is 44.2 Å². The second-order valence-corrected chi connectivity index (χ2v) is 7.76. The lowest BCUT2D eigenvalue weighted by Gasteiger charge is -2.25. The molecular formula is C22H30N6O4. The fraction of sp³-hybridized carbons (Fsp3) is 0.545. The van der Waals surface area contributed by atoms with Crippen molar-refractivity contribution >= 4 is 23.5 Å². The normalized spacial score (nSPS) is 19.2. The van der Waals surface area contributed by atoms with Crippen molar-refractivity contribution in [3.05, 3.63) is 18.2 Å². The third-order valence-electron chi connectivity index (χ3n) is 5.66. The molecule has 0 aliphatic carbocycles. The van der Waals surface area contributed by atoms with Crippen LogP contribution in [0.5, 0.6) is 11.5 Å². The van der Waals surface area contributed by atoms with Crippen LogP contribution in [-0.2, 0) is 9.59 Å². The molecule has 32 heavy (non-hydrogen) atoms. The van der Waals surface area contributed by atoms with Crippen molar-refractivity contribution in [2.75, 3.05) is 45.7 Å². The summed E-state index contributed by atoms with van der Waals surface area (Å²) in [6.07, 6.45) is 6.04. The summed E-state index contributed by atoms with van der Waals surface area (Å²) in [4.78, 5) is 33.7. The molecule has 0 radical (unpaired) electrons. The highest BCUT2D eigenvalue weighted by Crippen LogP contribution is 2.29. The van der Waals surface area contributed by atoms with E-state index in [0.29, 0.717) is 30.2 Å². The van der Waals surface area contributed by atoms with E-state index < -0.39 is 6.04 Å². The van der Waals surface area contributed by atoms with Crippen molar-refractivity contribution in [2.45, 2.75) is 38.1 Å². The molecule has 2 heterocycles. The van der Waals surface area contributed by atoms with E-state index in [1.165, 1.54) is 7.11 Å². The van der Waals surface area contributed by atoms with Crippen LogP contribution in [0, 0.1) is 11.5 Å². The Balaban J connectivity index is 1.76. The van der Waals surface area contributed by atoms with Crippen LogP contribution in [0.25, 0.3) is 0 Å². The van der Waals surface area contributed by atoms with Crippen molar-refractivity contribution in [2.24, 2.45) is 4.99 Å². The molecule has 2 aliphatic heterocycles. The van der Waals surface area contributed by atoms with E-state index in [0.717, 1.165) is 38.8 Å². The Bertz CT molecular complexity index is 891. The molecule has 2 N–H and O–H groups in total. The second kappa shape index (κ2) is 11.2. The van der Waals surface area contributed by atoms with Crippen LogP contribution >= 0.6 is 0 Å². The SMILES string of the molecule is COc1ccc(NC(=NC2CCCCN(CC(=O)N3CCCC3)C2=O)NC#N)c(OC)c1. The minimum absolute atomic E-state index is 0.0167. The van der Waals surface area contributed by atoms with E-state index in [1.807, 2.05) is 11.1 Å². The standard InChI is InChI=1S/C22H30N6O4/c1-31-16-8-9-17(19(13-16)32-2)25-22(24-15-23)26-18-7-3-4-12-28(21(18)30)14-20(29)27-10-5-6-11-27/h8-9,13,18H,3-7,10-12,14H2,1-2H3,(H2,24,25,26). The lowest BCUT2D eigenvalue weighted by Crippen LogP contribution is -2.45. The van der Waals surface area contributed by atoms with Gasteiger partial charge in [0.05, 0.1) is 26.5 Å². The minimum atomic E-state index is -0.684. The summed E-state index contributed by atoms with van der Waals surface area (Å²) in [5, 5.41) is 14.7. The van der Waals surface area contributed by atoms with Crippen LogP contribution in [0.3, 0.4) is 0 Å². The number of benzene rings is 1. The summed E-state index contributed by atoms with van der Waals surface area (Å²) in [6, 6.07) is 4.51. The first-order valence-corrected chi connectivity index (χ1v) is 10.8. The number of amides is 2. The minimum Gasteiger partial charge on any atom is -0.497 e. The molecule has 0 saturated carbocycles. The van der Waals surface area contributed by atoms with Crippen molar-refractivity contribution in [1.82, 2.24) is 15.1 Å². The molecule has 2 fully saturated rings. The number of carbonyl (C=O) groups excluding carboxylic acids is 2. The Labute approximate surface area is 188 Å². The number of rotatable bonds is 6. The number of carbonyl (C=O) groups is 2. The number of nitrogens with zero attached hydrogens (tertiary/aromatic N) is 4. The molecule has 0 aromatic heterocycles. The van der Waals surface area contributed by atoms with Crippen LogP contribution in [0.4, 0.5) is 5.69 Å². The fourth-order valence-corrected chi connectivity index (χ4v) is 3.93. The van der Waals surface area contributed by atoms with E-state index in [4.69, 9.17) is 9.47 Å². The Hall–Kier alpha value is -3.48. The van der Waals surface area contributed by atoms with Crippen LogP contribution in [0.15, 0.2) is 23.2 Å². The number of anilines is 1. The molecule has 172 valence electrons. The predicted molar refractivity (Wildman–Crippen MR) is 119 cm³/mol. The molecule has 1 aromatic carbocycles. The molecule has 1 aromatic rings. The van der Waals surface area contributed by atoms with Crippen molar-refractivity contribution in [1.29, 1.82) is 5.26 Å². The van der Waals surface area contributed by atoms with Gasteiger partial charge in [-0.15, -0.1) is 0 Å². The summed E-state index contributed by atoms with van der Waals surface area (Å²) < 4.78 is 10.6. The van der Waals surface area contributed by atoms with Crippen LogP contribution in [0.2, 0.25) is 0 Å². The van der Waals surface area contributed by atoms with Gasteiger partial charge in [-0.1, -0.05) is 0 Å². The molecule has 0 bridgehead atoms. The van der Waals surface area contributed by atoms with Crippen LogP contribution in [-0.4, -0.2) is 74.0 Å². The van der Waals surface area contributed by atoms with Crippen LogP contribution < -0.4 is 20.1 Å². The molecule has 3 rings (SSSR count). The van der Waals surface area contributed by atoms with Gasteiger partial charge in [-0.2, -0.15) is 5.26 Å². The molecule has 2 aliphatic rings. The summed E-state index contributed by atoms with van der Waals surface area (Å²) in [7, 11) is 3.09. The molecule has 2 amide bonds. The van der Waals surface area contributed by atoms with Crippen molar-refractivity contribution < 1.29 is 19.1 Å². The van der Waals surface area contributed by atoms with Gasteiger partial charge in [0.1, 0.15) is 17.5 Å². The predicted octanol–water partition coefficient (Wildman–Crippen LogP) is 1.55. The Morgan fingerprint density at radius 2 is 1.94 bits per heavy atom. The zero-order valence-corrected chi connectivity index (χ0v) is 18.6. The van der Waals surface area contributed by atoms with Crippen molar-refractivity contribution in [3.63, 3.8) is 0 Å². The quantitative estimate of drug-likeness (QED) is 0.297. The van der Waals surface area contributed by atoms with Gasteiger partial charge in [0.15, 0.2) is 6.19 Å². The third-order valence-corrected chi connectivity index (χ3v) is 5.66. The highest BCUT2D eigenvalue weighted by Gasteiger charge is 2.30. The number of nitriles is 1. The molecule has 0 spiro atoms. The van der Waals surface area contributed by atoms with Gasteiger partial charge in [-0.25, -0.2) is 4.99 Å². The van der Waals surface area contributed by atoms with Gasteiger partial charge in [-0.3, -0.25) is 14.9 Å². The maximum absolute atomic E-state index is 13.2. The zero-order chi connectivity index (χ0) is 22.9. The number of nitrogens with one attached hydrogen (secondary N) is 2. The van der Waals surface area contributed by atoms with Gasteiger partial charge in [0.2, 0.25) is 17.8 Å². The number of likely N-dealkylation sites (tertiary alicyclic amines) is 2. The van der Waals surface area contributed by atoms with Gasteiger partial charge >= 0.3 is 0 Å². The van der Waals surface area contributed by atoms with E-state index in [-0.39, 0.29) is 24.3 Å². The number of aliphatic imine (C=N–C) groups is 1. The summed E-state index contributed by atoms with van der Waals surface area (Å²) in [5.74, 6) is 1.05. The van der Waals surface area contributed by atoms with E-state index in [1.54, 1.807) is 30.2 Å². The van der Waals surface area contributed by atoms with E-state index >= 15 is 0 Å². The second-order valence-electron chi connectivity index (χ2n) is 7.76. The number of ether oxygens (including phenoxy) is 2. The van der Waals surface area contributed by atoms with Gasteiger partial charge in [0, 0.05) is 25.7 Å². The highest BCUT2D eigenvalue weighted by molar-refractivity contribution is 5.98. The van der Waals surface area contributed by atoms with E-state index in [2.05, 4.69) is 15.6 Å². The molecule has 1 atom stereocenters. The zero-order valence-electron chi connectivity index (χ0n) is 18.6. The van der Waals surface area contributed by atoms with Crippen molar-refractivity contribution in [3.8, 4) is 17.7 Å². The average Bonchev–Trinajstić information content (AvgIpc) is 3.29. The first kappa shape index (κ1) is 23.2. The van der Waals surface area contributed by atoms with E-state index in [9.17, 15) is 14.9 Å².